The predicted molar refractivity (Wildman–Crippen MR) is 133 cm³/mol. The summed E-state index contributed by atoms with van der Waals surface area (Å²) in [5, 5.41) is 12.0. The molecular formula is C28H39F3N2O2. The normalized spacial score (nSPS) is 17.9. The average Bonchev–Trinajstić information content (AvgIpc) is 3.65. The van der Waals surface area contributed by atoms with E-state index in [4.69, 9.17) is 5.11 Å². The average molecular weight is 493 g/mol. The highest BCUT2D eigenvalue weighted by atomic mass is 19.4. The van der Waals surface area contributed by atoms with Crippen molar-refractivity contribution >= 4 is 5.97 Å². The van der Waals surface area contributed by atoms with Gasteiger partial charge in [0.1, 0.15) is 5.69 Å². The topological polar surface area (TPSA) is 62.2 Å². The summed E-state index contributed by atoms with van der Waals surface area (Å²) in [5.41, 5.74) is 1.11. The molecule has 3 atom stereocenters. The number of carbonyl (C=O) groups is 1. The molecule has 7 heteroatoms. The van der Waals surface area contributed by atoms with E-state index < -0.39 is 17.8 Å². The van der Waals surface area contributed by atoms with Crippen molar-refractivity contribution in [2.75, 3.05) is 6.54 Å². The van der Waals surface area contributed by atoms with Crippen molar-refractivity contribution < 1.29 is 23.1 Å². The van der Waals surface area contributed by atoms with Crippen LogP contribution in [0, 0.1) is 5.92 Å². The maximum absolute atomic E-state index is 12.5. The molecule has 1 aliphatic rings. The first-order chi connectivity index (χ1) is 16.7. The zero-order valence-corrected chi connectivity index (χ0v) is 20.9. The number of carboxylic acid groups (broad SMARTS) is 1. The Morgan fingerprint density at radius 1 is 1.03 bits per heavy atom. The Hall–Kier alpha value is -2.41. The van der Waals surface area contributed by atoms with Crippen LogP contribution in [0.2, 0.25) is 0 Å². The Morgan fingerprint density at radius 3 is 2.17 bits per heavy atom. The zero-order chi connectivity index (χ0) is 25.7. The van der Waals surface area contributed by atoms with Crippen LogP contribution in [0.1, 0.15) is 100 Å². The van der Waals surface area contributed by atoms with Crippen LogP contribution in [0.3, 0.4) is 0 Å². The van der Waals surface area contributed by atoms with Gasteiger partial charge in [0.2, 0.25) is 0 Å². The highest BCUT2D eigenvalue weighted by Gasteiger charge is 2.43. The van der Waals surface area contributed by atoms with Gasteiger partial charge >= 0.3 is 12.1 Å². The summed E-state index contributed by atoms with van der Waals surface area (Å²) >= 11 is 0. The van der Waals surface area contributed by atoms with Crippen molar-refractivity contribution in [1.29, 1.82) is 0 Å². The van der Waals surface area contributed by atoms with Crippen LogP contribution >= 0.6 is 0 Å². The number of rotatable bonds is 13. The first-order valence-electron chi connectivity index (χ1n) is 12.8. The summed E-state index contributed by atoms with van der Waals surface area (Å²) in [5.74, 6) is -0.528. The number of alkyl halides is 3. The lowest BCUT2D eigenvalue weighted by Gasteiger charge is -2.14. The third kappa shape index (κ3) is 10.8. The van der Waals surface area contributed by atoms with E-state index in [0.717, 1.165) is 36.6 Å². The van der Waals surface area contributed by atoms with Gasteiger partial charge in [0.05, 0.1) is 5.92 Å². The van der Waals surface area contributed by atoms with Gasteiger partial charge in [-0.15, -0.1) is 0 Å². The number of benzene rings is 1. The van der Waals surface area contributed by atoms with Gasteiger partial charge in [-0.25, -0.2) is 0 Å². The van der Waals surface area contributed by atoms with Crippen molar-refractivity contribution in [3.63, 3.8) is 0 Å². The maximum Gasteiger partial charge on any atom is 0.433 e. The van der Waals surface area contributed by atoms with Gasteiger partial charge in [-0.1, -0.05) is 88.3 Å². The van der Waals surface area contributed by atoms with Crippen molar-refractivity contribution in [1.82, 2.24) is 10.3 Å². The monoisotopic (exact) mass is 492 g/mol. The van der Waals surface area contributed by atoms with E-state index in [-0.39, 0.29) is 17.9 Å². The van der Waals surface area contributed by atoms with Gasteiger partial charge in [0, 0.05) is 12.2 Å². The largest absolute Gasteiger partial charge is 0.481 e. The van der Waals surface area contributed by atoms with Crippen LogP contribution in [0.4, 0.5) is 13.2 Å². The number of carboxylic acids is 1. The first-order valence-corrected chi connectivity index (χ1v) is 12.8. The number of hydrogen-bond acceptors (Lipinski definition) is 3. The lowest BCUT2D eigenvalue weighted by molar-refractivity contribution is -0.141. The molecule has 3 rings (SSSR count). The van der Waals surface area contributed by atoms with Gasteiger partial charge in [-0.05, 0) is 49.4 Å². The summed E-state index contributed by atoms with van der Waals surface area (Å²) in [6.45, 7) is 5.06. The van der Waals surface area contributed by atoms with Gasteiger partial charge in [0.15, 0.2) is 0 Å². The van der Waals surface area contributed by atoms with E-state index in [2.05, 4.69) is 17.2 Å². The van der Waals surface area contributed by atoms with Gasteiger partial charge in [-0.3, -0.25) is 9.78 Å². The molecule has 35 heavy (non-hydrogen) atoms. The quantitative estimate of drug-likeness (QED) is 0.280. The van der Waals surface area contributed by atoms with E-state index in [9.17, 15) is 18.0 Å². The number of nitrogens with one attached hydrogen (secondary N) is 1. The minimum Gasteiger partial charge on any atom is -0.481 e. The number of halogens is 3. The van der Waals surface area contributed by atoms with Crippen molar-refractivity contribution in [3.05, 3.63) is 65.5 Å². The second-order valence-electron chi connectivity index (χ2n) is 9.32. The third-order valence-corrected chi connectivity index (χ3v) is 6.39. The van der Waals surface area contributed by atoms with E-state index in [1.165, 1.54) is 57.2 Å². The van der Waals surface area contributed by atoms with Crippen LogP contribution < -0.4 is 5.32 Å². The molecule has 1 fully saturated rings. The van der Waals surface area contributed by atoms with E-state index in [0.29, 0.717) is 0 Å². The van der Waals surface area contributed by atoms with Crippen LogP contribution in [-0.4, -0.2) is 22.6 Å². The molecule has 0 radical (unpaired) electrons. The molecule has 1 heterocycles. The fourth-order valence-corrected chi connectivity index (χ4v) is 4.06. The van der Waals surface area contributed by atoms with Crippen LogP contribution in [0.5, 0.6) is 0 Å². The molecule has 0 aliphatic heterocycles. The molecule has 0 spiro atoms. The zero-order valence-electron chi connectivity index (χ0n) is 20.9. The summed E-state index contributed by atoms with van der Waals surface area (Å²) in [6, 6.07) is 12.4. The van der Waals surface area contributed by atoms with Crippen LogP contribution in [0.15, 0.2) is 48.7 Å². The van der Waals surface area contributed by atoms with Crippen LogP contribution in [-0.2, 0) is 11.0 Å². The second kappa shape index (κ2) is 14.9. The Kier molecular flexibility index (Phi) is 12.2. The Bertz CT molecular complexity index is 857. The number of pyridine rings is 1. The molecule has 0 saturated heterocycles. The van der Waals surface area contributed by atoms with Crippen LogP contribution in [0.25, 0.3) is 0 Å². The molecule has 2 N–H and O–H groups in total. The predicted octanol–water partition coefficient (Wildman–Crippen LogP) is 7.77. The summed E-state index contributed by atoms with van der Waals surface area (Å²) < 4.78 is 37.4. The molecule has 1 aliphatic carbocycles. The summed E-state index contributed by atoms with van der Waals surface area (Å²) in [4.78, 5) is 14.0. The summed E-state index contributed by atoms with van der Waals surface area (Å²) in [7, 11) is 0. The smallest absolute Gasteiger partial charge is 0.433 e. The molecule has 0 bridgehead atoms. The minimum atomic E-state index is -4.37. The molecule has 0 unspecified atom stereocenters. The highest BCUT2D eigenvalue weighted by molar-refractivity contribution is 5.75. The molecule has 1 aromatic carbocycles. The number of hydrogen-bond donors (Lipinski definition) is 2. The summed E-state index contributed by atoms with van der Waals surface area (Å²) in [6.07, 6.45) is 7.91. The van der Waals surface area contributed by atoms with Gasteiger partial charge < -0.3 is 10.4 Å². The van der Waals surface area contributed by atoms with Crippen molar-refractivity contribution in [2.24, 2.45) is 5.92 Å². The second-order valence-corrected chi connectivity index (χ2v) is 9.32. The fraction of sp³-hybridized carbons (Fsp3) is 0.571. The first kappa shape index (κ1) is 28.8. The lowest BCUT2D eigenvalue weighted by Crippen LogP contribution is -2.20. The Morgan fingerprint density at radius 2 is 1.66 bits per heavy atom. The highest BCUT2D eigenvalue weighted by Crippen LogP contribution is 2.47. The molecule has 4 nitrogen and oxygen atoms in total. The Balaban J connectivity index is 0.000000298. The van der Waals surface area contributed by atoms with Crippen molar-refractivity contribution in [3.8, 4) is 0 Å². The van der Waals surface area contributed by atoms with Crippen molar-refractivity contribution in [2.45, 2.75) is 89.8 Å². The standard InChI is InChI=1S/C18H29F3N2.C10H10O2/c1-3-4-5-6-7-8-9-10-13-22-15(2)16-11-12-17(23-14-16)18(19,20)21;11-10(12)9-6-8(9)7-4-2-1-3-5-7/h11-12,14-15,22H,3-10,13H2,1-2H3;1-5,8-9H,6H2,(H,11,12)/t15-;8-,9+/m01/s1. The molecule has 1 aromatic heterocycles. The van der Waals surface area contributed by atoms with E-state index >= 15 is 0 Å². The van der Waals surface area contributed by atoms with E-state index in [1.54, 1.807) is 0 Å². The van der Waals surface area contributed by atoms with Gasteiger partial charge in [-0.2, -0.15) is 13.2 Å². The molecular weight excluding hydrogens is 453 g/mol. The SMILES string of the molecule is CCCCCCCCCCN[C@@H](C)c1ccc(C(F)(F)F)nc1.O=C(O)[C@H]1C[C@@H]1c1ccccc1. The lowest BCUT2D eigenvalue weighted by atomic mass is 10.1. The minimum absolute atomic E-state index is 0.0225. The fourth-order valence-electron chi connectivity index (χ4n) is 4.06. The molecule has 0 amide bonds. The Labute approximate surface area is 207 Å². The van der Waals surface area contributed by atoms with Gasteiger partial charge in [0.25, 0.3) is 0 Å². The maximum atomic E-state index is 12.5. The number of aromatic nitrogens is 1. The third-order valence-electron chi connectivity index (χ3n) is 6.39. The number of aliphatic carboxylic acids is 1. The molecule has 1 saturated carbocycles. The molecule has 2 aromatic rings. The number of nitrogens with zero attached hydrogens (tertiary/aromatic N) is 1. The number of unbranched alkanes of at least 4 members (excludes halogenated alkanes) is 7. The molecule has 194 valence electrons. The van der Waals surface area contributed by atoms with E-state index in [1.807, 2.05) is 37.3 Å².